The van der Waals surface area contributed by atoms with Crippen molar-refractivity contribution in [2.75, 3.05) is 0 Å². The first-order valence-corrected chi connectivity index (χ1v) is 6.34. The van der Waals surface area contributed by atoms with Crippen LogP contribution in [0.3, 0.4) is 0 Å². The van der Waals surface area contributed by atoms with Crippen molar-refractivity contribution in [2.45, 2.75) is 52.1 Å². The van der Waals surface area contributed by atoms with E-state index < -0.39 is 5.60 Å². The summed E-state index contributed by atoms with van der Waals surface area (Å²) < 4.78 is 0. The molecule has 2 rings (SSSR count). The van der Waals surface area contributed by atoms with Gasteiger partial charge in [-0.15, -0.1) is 0 Å². The Morgan fingerprint density at radius 1 is 1.25 bits per heavy atom. The van der Waals surface area contributed by atoms with Crippen LogP contribution in [0.4, 0.5) is 0 Å². The molecular formula is C15H22O. The van der Waals surface area contributed by atoms with Gasteiger partial charge in [-0.05, 0) is 44.6 Å². The number of benzene rings is 1. The Morgan fingerprint density at radius 3 is 2.38 bits per heavy atom. The number of aryl methyl sites for hydroxylation is 2. The van der Waals surface area contributed by atoms with Crippen molar-refractivity contribution in [1.29, 1.82) is 0 Å². The molecule has 0 spiro atoms. The highest BCUT2D eigenvalue weighted by Gasteiger charge is 2.37. The van der Waals surface area contributed by atoms with Crippen molar-refractivity contribution < 1.29 is 5.11 Å². The second kappa shape index (κ2) is 4.21. The summed E-state index contributed by atoms with van der Waals surface area (Å²) in [7, 11) is 0. The zero-order valence-electron chi connectivity index (χ0n) is 10.6. The first kappa shape index (κ1) is 11.7. The number of aliphatic hydroxyl groups is 1. The largest absolute Gasteiger partial charge is 0.385 e. The number of rotatable bonds is 2. The van der Waals surface area contributed by atoms with Crippen LogP contribution in [0, 0.1) is 19.8 Å². The van der Waals surface area contributed by atoms with Gasteiger partial charge in [0.2, 0.25) is 0 Å². The molecule has 1 heteroatoms. The third-order valence-electron chi connectivity index (χ3n) is 3.93. The molecule has 2 unspecified atom stereocenters. The fourth-order valence-electron chi connectivity index (χ4n) is 2.98. The molecule has 1 aliphatic carbocycles. The van der Waals surface area contributed by atoms with E-state index in [-0.39, 0.29) is 0 Å². The lowest BCUT2D eigenvalue weighted by Crippen LogP contribution is -2.22. The minimum absolute atomic E-state index is 0.558. The predicted molar refractivity (Wildman–Crippen MR) is 67.4 cm³/mol. The monoisotopic (exact) mass is 218 g/mol. The van der Waals surface area contributed by atoms with Crippen molar-refractivity contribution in [3.8, 4) is 0 Å². The average molecular weight is 218 g/mol. The Labute approximate surface area is 98.5 Å². The summed E-state index contributed by atoms with van der Waals surface area (Å²) in [6.07, 6.45) is 4.22. The molecule has 0 aliphatic heterocycles. The normalized spacial score (nSPS) is 29.6. The van der Waals surface area contributed by atoms with E-state index in [0.29, 0.717) is 5.92 Å². The van der Waals surface area contributed by atoms with Gasteiger partial charge in [0.15, 0.2) is 0 Å². The van der Waals surface area contributed by atoms with Gasteiger partial charge in [0, 0.05) is 0 Å². The molecule has 0 aromatic heterocycles. The van der Waals surface area contributed by atoms with E-state index in [1.54, 1.807) is 0 Å². The van der Waals surface area contributed by atoms with E-state index in [1.165, 1.54) is 24.0 Å². The number of hydrogen-bond acceptors (Lipinski definition) is 1. The highest BCUT2D eigenvalue weighted by Crippen LogP contribution is 2.43. The molecule has 0 bridgehead atoms. The van der Waals surface area contributed by atoms with Crippen molar-refractivity contribution >= 4 is 0 Å². The van der Waals surface area contributed by atoms with Gasteiger partial charge in [-0.3, -0.25) is 0 Å². The minimum Gasteiger partial charge on any atom is -0.385 e. The number of hydrogen-bond donors (Lipinski definition) is 1. The van der Waals surface area contributed by atoms with Crippen molar-refractivity contribution in [3.63, 3.8) is 0 Å². The molecule has 0 heterocycles. The summed E-state index contributed by atoms with van der Waals surface area (Å²) >= 11 is 0. The molecule has 2 atom stereocenters. The van der Waals surface area contributed by atoms with E-state index in [2.05, 4.69) is 39.0 Å². The van der Waals surface area contributed by atoms with Crippen LogP contribution in [0.25, 0.3) is 0 Å². The van der Waals surface area contributed by atoms with Gasteiger partial charge in [-0.25, -0.2) is 0 Å². The summed E-state index contributed by atoms with van der Waals surface area (Å²) in [6, 6.07) is 6.45. The molecule has 1 saturated carbocycles. The van der Waals surface area contributed by atoms with Crippen LogP contribution in [0.15, 0.2) is 18.2 Å². The highest BCUT2D eigenvalue weighted by molar-refractivity contribution is 5.33. The van der Waals surface area contributed by atoms with Gasteiger partial charge in [-0.2, -0.15) is 0 Å². The Bertz CT molecular complexity index is 363. The molecule has 1 aromatic rings. The maximum Gasteiger partial charge on any atom is 0.0899 e. The quantitative estimate of drug-likeness (QED) is 0.802. The fraction of sp³-hybridized carbons (Fsp3) is 0.600. The van der Waals surface area contributed by atoms with E-state index >= 15 is 0 Å². The summed E-state index contributed by atoms with van der Waals surface area (Å²) in [5.74, 6) is 0.700. The first-order valence-electron chi connectivity index (χ1n) is 6.34. The van der Waals surface area contributed by atoms with E-state index in [9.17, 15) is 5.11 Å². The van der Waals surface area contributed by atoms with Crippen LogP contribution in [-0.4, -0.2) is 5.11 Å². The van der Waals surface area contributed by atoms with E-state index in [1.807, 2.05) is 0 Å². The lowest BCUT2D eigenvalue weighted by Gasteiger charge is -2.24. The van der Waals surface area contributed by atoms with Gasteiger partial charge in [0.25, 0.3) is 0 Å². The molecule has 0 saturated heterocycles. The summed E-state index contributed by atoms with van der Waals surface area (Å²) in [5, 5.41) is 10.7. The third kappa shape index (κ3) is 2.15. The fourth-order valence-corrected chi connectivity index (χ4v) is 2.98. The van der Waals surface area contributed by atoms with Crippen LogP contribution >= 0.6 is 0 Å². The van der Waals surface area contributed by atoms with E-state index in [4.69, 9.17) is 0 Å². The molecule has 16 heavy (non-hydrogen) atoms. The highest BCUT2D eigenvalue weighted by atomic mass is 16.3. The Hall–Kier alpha value is -0.820. The molecule has 1 nitrogen and oxygen atoms in total. The standard InChI is InChI=1S/C15H22O/c1-4-13-5-6-15(16,10-13)14-8-11(2)7-12(3)9-14/h7-9,13,16H,4-6,10H2,1-3H3. The molecule has 1 aliphatic rings. The first-order chi connectivity index (χ1) is 7.53. The summed E-state index contributed by atoms with van der Waals surface area (Å²) in [4.78, 5) is 0. The Morgan fingerprint density at radius 2 is 1.88 bits per heavy atom. The van der Waals surface area contributed by atoms with E-state index in [0.717, 1.165) is 18.4 Å². The third-order valence-corrected chi connectivity index (χ3v) is 3.93. The lowest BCUT2D eigenvalue weighted by atomic mass is 9.88. The second-order valence-corrected chi connectivity index (χ2v) is 5.43. The SMILES string of the molecule is CCC1CCC(O)(c2cc(C)cc(C)c2)C1. The predicted octanol–water partition coefficient (Wildman–Crippen LogP) is 3.70. The molecule has 0 radical (unpaired) electrons. The van der Waals surface area contributed by atoms with Crippen LogP contribution < -0.4 is 0 Å². The van der Waals surface area contributed by atoms with Crippen molar-refractivity contribution in [1.82, 2.24) is 0 Å². The molecule has 88 valence electrons. The zero-order chi connectivity index (χ0) is 11.8. The smallest absolute Gasteiger partial charge is 0.0899 e. The van der Waals surface area contributed by atoms with Gasteiger partial charge < -0.3 is 5.11 Å². The average Bonchev–Trinajstić information content (AvgIpc) is 2.60. The van der Waals surface area contributed by atoms with Crippen LogP contribution in [0.2, 0.25) is 0 Å². The Balaban J connectivity index is 2.29. The molecule has 1 fully saturated rings. The molecule has 0 amide bonds. The maximum absolute atomic E-state index is 10.7. The van der Waals surface area contributed by atoms with Crippen molar-refractivity contribution in [2.24, 2.45) is 5.92 Å². The lowest BCUT2D eigenvalue weighted by molar-refractivity contribution is 0.0397. The van der Waals surface area contributed by atoms with Crippen LogP contribution in [0.1, 0.15) is 49.3 Å². The maximum atomic E-state index is 10.7. The van der Waals surface area contributed by atoms with Crippen molar-refractivity contribution in [3.05, 3.63) is 34.9 Å². The molecule has 1 N–H and O–H groups in total. The van der Waals surface area contributed by atoms with Crippen LogP contribution in [0.5, 0.6) is 0 Å². The topological polar surface area (TPSA) is 20.2 Å². The van der Waals surface area contributed by atoms with Gasteiger partial charge in [0.05, 0.1) is 5.60 Å². The molecular weight excluding hydrogens is 196 g/mol. The Kier molecular flexibility index (Phi) is 3.07. The molecule has 1 aromatic carbocycles. The van der Waals surface area contributed by atoms with Gasteiger partial charge in [0.1, 0.15) is 0 Å². The minimum atomic E-state index is -0.558. The second-order valence-electron chi connectivity index (χ2n) is 5.43. The zero-order valence-corrected chi connectivity index (χ0v) is 10.6. The van der Waals surface area contributed by atoms with Crippen LogP contribution in [-0.2, 0) is 5.60 Å². The van der Waals surface area contributed by atoms with Gasteiger partial charge in [-0.1, -0.05) is 42.7 Å². The summed E-state index contributed by atoms with van der Waals surface area (Å²) in [5.41, 5.74) is 3.07. The summed E-state index contributed by atoms with van der Waals surface area (Å²) in [6.45, 7) is 6.43. The van der Waals surface area contributed by atoms with Gasteiger partial charge >= 0.3 is 0 Å².